The zero-order valence-electron chi connectivity index (χ0n) is 40.9. The van der Waals surface area contributed by atoms with E-state index in [4.69, 9.17) is 0 Å². The second-order valence-electron chi connectivity index (χ2n) is 18.5. The summed E-state index contributed by atoms with van der Waals surface area (Å²) in [4.78, 5) is 4.44. The summed E-state index contributed by atoms with van der Waals surface area (Å²) in [7, 11) is 0. The molecule has 0 spiro atoms. The van der Waals surface area contributed by atoms with Crippen molar-refractivity contribution in [3.05, 3.63) is 277 Å². The van der Waals surface area contributed by atoms with E-state index in [1.807, 2.05) is 84.9 Å². The minimum Gasteiger partial charge on any atom is -0.313 e. The smallest absolute Gasteiger partial charge is 0.0991 e. The monoisotopic (exact) mass is 948 g/mol. The van der Waals surface area contributed by atoms with E-state index >= 15 is 0 Å². The summed E-state index contributed by atoms with van der Waals surface area (Å²) in [5.41, 5.74) is 21.1. The third-order valence-corrected chi connectivity index (χ3v) is 14.1. The predicted octanol–water partition coefficient (Wildman–Crippen LogP) is 17.9. The van der Waals surface area contributed by atoms with E-state index in [0.717, 1.165) is 79.0 Å². The van der Waals surface area contributed by atoms with Crippen molar-refractivity contribution in [2.24, 2.45) is 0 Å². The van der Waals surface area contributed by atoms with Crippen LogP contribution in [0.3, 0.4) is 0 Å². The molecular formula is C68H48N6. The number of fused-ring (bicyclic) bond motifs is 2. The molecule has 0 aliphatic carbocycles. The lowest BCUT2D eigenvalue weighted by molar-refractivity contribution is 1.05. The summed E-state index contributed by atoms with van der Waals surface area (Å²) in [6, 6.07) is 93.5. The van der Waals surface area contributed by atoms with E-state index in [-0.39, 0.29) is 0 Å². The van der Waals surface area contributed by atoms with Gasteiger partial charge in [-0.05, 0) is 182 Å². The van der Waals surface area contributed by atoms with E-state index in [0.29, 0.717) is 11.1 Å². The highest BCUT2D eigenvalue weighted by molar-refractivity contribution is 6.04. The molecule has 0 fully saturated rings. The summed E-state index contributed by atoms with van der Waals surface area (Å²) in [6.45, 7) is 4.46. The number of rotatable bonds is 11. The Morgan fingerprint density at radius 1 is 0.311 bits per heavy atom. The molecule has 12 aromatic rings. The van der Waals surface area contributed by atoms with Gasteiger partial charge >= 0.3 is 0 Å². The van der Waals surface area contributed by atoms with Crippen LogP contribution < -0.4 is 9.80 Å². The van der Waals surface area contributed by atoms with Gasteiger partial charge in [0.25, 0.3) is 0 Å². The van der Waals surface area contributed by atoms with Gasteiger partial charge in [0.2, 0.25) is 0 Å². The van der Waals surface area contributed by atoms with E-state index in [9.17, 15) is 10.5 Å². The molecule has 350 valence electrons. The fourth-order valence-corrected chi connectivity index (χ4v) is 10.7. The van der Waals surface area contributed by atoms with Crippen LogP contribution in [0.5, 0.6) is 0 Å². The normalized spacial score (nSPS) is 11.1. The second kappa shape index (κ2) is 19.2. The minimum absolute atomic E-state index is 0.628. The summed E-state index contributed by atoms with van der Waals surface area (Å²) < 4.78 is 4.77. The summed E-state index contributed by atoms with van der Waals surface area (Å²) in [5.74, 6) is 0. The highest BCUT2D eigenvalue weighted by atomic mass is 15.1. The summed E-state index contributed by atoms with van der Waals surface area (Å²) in [5, 5.41) is 21.4. The molecule has 0 amide bonds. The third kappa shape index (κ3) is 8.13. The van der Waals surface area contributed by atoms with Gasteiger partial charge in [0.1, 0.15) is 0 Å². The molecule has 0 saturated carbocycles. The lowest BCUT2D eigenvalue weighted by Gasteiger charge is -2.25. The predicted molar refractivity (Wildman–Crippen MR) is 305 cm³/mol. The lowest BCUT2D eigenvalue weighted by atomic mass is 9.96. The van der Waals surface area contributed by atoms with Crippen molar-refractivity contribution in [3.8, 4) is 56.9 Å². The van der Waals surface area contributed by atoms with E-state index in [2.05, 4.69) is 215 Å². The number of hydrogen-bond acceptors (Lipinski definition) is 4. The number of hydrogen-bond donors (Lipinski definition) is 0. The maximum Gasteiger partial charge on any atom is 0.0991 e. The molecule has 2 heterocycles. The first-order valence-corrected chi connectivity index (χ1v) is 24.8. The molecule has 74 heavy (non-hydrogen) atoms. The molecule has 0 radical (unpaired) electrons. The van der Waals surface area contributed by atoms with Crippen molar-refractivity contribution in [1.29, 1.82) is 10.5 Å². The SMILES string of the molecule is Cc1c(-c2ccccc2)c2cc(-c3ccc4c(c3)c(-c3ccccc3)c(C)n4-c3ccc(N(c4ccccc4)c4ccc(C#N)cc4)cc3)ccc2n1-c1ccc(N(c2ccccc2)c2ccc(C#N)cc2)cc1. The molecule has 12 rings (SSSR count). The molecule has 0 saturated heterocycles. The molecule has 2 aromatic heterocycles. The van der Waals surface area contributed by atoms with Crippen LogP contribution in [-0.2, 0) is 0 Å². The minimum atomic E-state index is 0.628. The van der Waals surface area contributed by atoms with Gasteiger partial charge in [-0.15, -0.1) is 0 Å². The lowest BCUT2D eigenvalue weighted by Crippen LogP contribution is -2.10. The number of anilines is 6. The second-order valence-corrected chi connectivity index (χ2v) is 18.5. The number of benzene rings is 10. The zero-order chi connectivity index (χ0) is 50.1. The van der Waals surface area contributed by atoms with Gasteiger partial charge in [-0.1, -0.05) is 109 Å². The molecule has 0 aliphatic heterocycles. The first kappa shape index (κ1) is 45.0. The van der Waals surface area contributed by atoms with Crippen molar-refractivity contribution in [1.82, 2.24) is 9.13 Å². The number of nitriles is 2. The van der Waals surface area contributed by atoms with Gasteiger partial charge in [-0.3, -0.25) is 0 Å². The Morgan fingerprint density at radius 3 is 0.932 bits per heavy atom. The van der Waals surface area contributed by atoms with Crippen LogP contribution in [0.4, 0.5) is 34.1 Å². The number of nitrogens with zero attached hydrogens (tertiary/aromatic N) is 6. The van der Waals surface area contributed by atoms with E-state index in [1.165, 1.54) is 33.0 Å². The van der Waals surface area contributed by atoms with Crippen molar-refractivity contribution in [2.75, 3.05) is 9.80 Å². The van der Waals surface area contributed by atoms with Crippen LogP contribution in [0.1, 0.15) is 22.5 Å². The van der Waals surface area contributed by atoms with Crippen LogP contribution in [0.15, 0.2) is 255 Å². The van der Waals surface area contributed by atoms with E-state index < -0.39 is 0 Å². The Balaban J connectivity index is 0.954. The van der Waals surface area contributed by atoms with Gasteiger partial charge < -0.3 is 18.9 Å². The Kier molecular flexibility index (Phi) is 11.7. The highest BCUT2D eigenvalue weighted by Gasteiger charge is 2.22. The molecule has 0 N–H and O–H groups in total. The molecule has 0 unspecified atom stereocenters. The van der Waals surface area contributed by atoms with Crippen LogP contribution in [0.25, 0.3) is 66.6 Å². The average Bonchev–Trinajstić information content (AvgIpc) is 3.93. The zero-order valence-corrected chi connectivity index (χ0v) is 40.9. The topological polar surface area (TPSA) is 63.9 Å². The number of para-hydroxylation sites is 2. The first-order chi connectivity index (χ1) is 36.4. The Hall–Kier alpha value is -10.1. The van der Waals surface area contributed by atoms with Gasteiger partial charge in [0, 0.05) is 78.8 Å². The molecule has 0 bridgehead atoms. The largest absolute Gasteiger partial charge is 0.313 e. The Labute approximate surface area is 431 Å². The first-order valence-electron chi connectivity index (χ1n) is 24.8. The average molecular weight is 949 g/mol. The maximum atomic E-state index is 9.52. The van der Waals surface area contributed by atoms with Crippen molar-refractivity contribution in [2.45, 2.75) is 13.8 Å². The van der Waals surface area contributed by atoms with Crippen molar-refractivity contribution < 1.29 is 0 Å². The molecule has 0 atom stereocenters. The van der Waals surface area contributed by atoms with Crippen LogP contribution in [-0.4, -0.2) is 9.13 Å². The fourth-order valence-electron chi connectivity index (χ4n) is 10.7. The van der Waals surface area contributed by atoms with Crippen LogP contribution in [0, 0.1) is 36.5 Å². The Morgan fingerprint density at radius 2 is 0.608 bits per heavy atom. The molecule has 6 heteroatoms. The van der Waals surface area contributed by atoms with Gasteiger partial charge in [0.05, 0.1) is 34.3 Å². The van der Waals surface area contributed by atoms with E-state index in [1.54, 1.807) is 0 Å². The summed E-state index contributed by atoms with van der Waals surface area (Å²) >= 11 is 0. The third-order valence-electron chi connectivity index (χ3n) is 14.1. The van der Waals surface area contributed by atoms with Gasteiger partial charge in [0.15, 0.2) is 0 Å². The van der Waals surface area contributed by atoms with Gasteiger partial charge in [-0.25, -0.2) is 0 Å². The standard InChI is InChI=1S/C68H48N6/c1-47-67(51-15-7-3-8-16-51)63-43-53(27-41-65(63)71(47)57-33-37-61(38-34-57)73(55-19-11-5-12-20-55)59-29-23-49(45-69)24-30-59)54-28-42-66-64(44-54)68(52-17-9-4-10-18-52)48(2)72(66)58-35-39-62(40-36-58)74(56-21-13-6-14-22-56)60-31-25-50(46-70)26-32-60/h3-44H,1-2H3. The Bertz CT molecular complexity index is 3780. The van der Waals surface area contributed by atoms with Crippen LogP contribution in [0.2, 0.25) is 0 Å². The molecule has 10 aromatic carbocycles. The molecule has 6 nitrogen and oxygen atoms in total. The van der Waals surface area contributed by atoms with Gasteiger partial charge in [-0.2, -0.15) is 10.5 Å². The number of aromatic nitrogens is 2. The molecule has 0 aliphatic rings. The quantitative estimate of drug-likeness (QED) is 0.130. The molecular weight excluding hydrogens is 901 g/mol. The van der Waals surface area contributed by atoms with Crippen molar-refractivity contribution in [3.63, 3.8) is 0 Å². The summed E-state index contributed by atoms with van der Waals surface area (Å²) in [6.07, 6.45) is 0. The highest BCUT2D eigenvalue weighted by Crippen LogP contribution is 2.44. The maximum absolute atomic E-state index is 9.52. The fraction of sp³-hybridized carbons (Fsp3) is 0.0294. The van der Waals surface area contributed by atoms with Crippen molar-refractivity contribution >= 4 is 55.9 Å². The van der Waals surface area contributed by atoms with Crippen LogP contribution >= 0.6 is 0 Å².